The van der Waals surface area contributed by atoms with Gasteiger partial charge < -0.3 is 5.11 Å². The Bertz CT molecular complexity index is 358. The Kier molecular flexibility index (Phi) is 19.2. The van der Waals surface area contributed by atoms with E-state index in [4.69, 9.17) is 0 Å². The van der Waals surface area contributed by atoms with Crippen LogP contribution in [0.3, 0.4) is 0 Å². The Morgan fingerprint density at radius 3 is 2.33 bits per heavy atom. The summed E-state index contributed by atoms with van der Waals surface area (Å²) in [7, 11) is 1.94. The van der Waals surface area contributed by atoms with Crippen molar-refractivity contribution in [2.24, 2.45) is 0 Å². The molecule has 1 amide bonds. The quantitative estimate of drug-likeness (QED) is 0.170. The zero-order valence-corrected chi connectivity index (χ0v) is 18.3. The molecule has 0 bridgehead atoms. The highest BCUT2D eigenvalue weighted by Gasteiger charge is 2.04. The zero-order chi connectivity index (χ0) is 20.2. The van der Waals surface area contributed by atoms with Crippen molar-refractivity contribution >= 4 is 5.91 Å². The van der Waals surface area contributed by atoms with Gasteiger partial charge in [-0.15, -0.1) is 0 Å². The maximum Gasteiger partial charge on any atom is 0.234 e. The molecule has 0 radical (unpaired) electrons. The van der Waals surface area contributed by atoms with Gasteiger partial charge in [-0.05, 0) is 38.5 Å². The summed E-state index contributed by atoms with van der Waals surface area (Å²) >= 11 is 0. The lowest BCUT2D eigenvalue weighted by molar-refractivity contribution is -0.125. The molecule has 0 fully saturated rings. The van der Waals surface area contributed by atoms with Gasteiger partial charge in [-0.1, -0.05) is 77.4 Å². The van der Waals surface area contributed by atoms with E-state index in [0.717, 1.165) is 57.9 Å². The van der Waals surface area contributed by atoms with Crippen LogP contribution in [0.15, 0.2) is 12.2 Å². The average molecular weight is 383 g/mol. The van der Waals surface area contributed by atoms with E-state index >= 15 is 0 Å². The molecule has 2 N–H and O–H groups in total. The summed E-state index contributed by atoms with van der Waals surface area (Å²) in [5.74, 6) is 0.143. The molecule has 0 aliphatic rings. The van der Waals surface area contributed by atoms with Gasteiger partial charge in [-0.3, -0.25) is 10.2 Å². The summed E-state index contributed by atoms with van der Waals surface area (Å²) in [6.07, 6.45) is 20.6. The normalized spacial score (nSPS) is 12.8. The second-order valence-corrected chi connectivity index (χ2v) is 7.83. The van der Waals surface area contributed by atoms with Crippen LogP contribution in [0.25, 0.3) is 0 Å². The molecule has 0 aromatic rings. The molecule has 0 aromatic carbocycles. The predicted molar refractivity (Wildman–Crippen MR) is 117 cm³/mol. The summed E-state index contributed by atoms with van der Waals surface area (Å²) in [5.41, 5.74) is 2.93. The minimum Gasteiger partial charge on any atom is -0.393 e. The van der Waals surface area contributed by atoms with Crippen molar-refractivity contribution in [3.05, 3.63) is 12.2 Å². The number of rotatable bonds is 19. The van der Waals surface area contributed by atoms with Crippen LogP contribution in [0, 0.1) is 0 Å². The molecule has 4 heteroatoms. The highest BCUT2D eigenvalue weighted by Crippen LogP contribution is 2.10. The third kappa shape index (κ3) is 19.7. The Hall–Kier alpha value is -0.870. The van der Waals surface area contributed by atoms with Gasteiger partial charge in [0.2, 0.25) is 5.91 Å². The maximum absolute atomic E-state index is 11.8. The molecule has 1 atom stereocenters. The molecule has 0 aliphatic carbocycles. The first-order chi connectivity index (χ1) is 13.1. The summed E-state index contributed by atoms with van der Waals surface area (Å²) in [6.45, 7) is 5.29. The van der Waals surface area contributed by atoms with E-state index in [0.29, 0.717) is 6.42 Å². The molecule has 0 saturated heterocycles. The van der Waals surface area contributed by atoms with Gasteiger partial charge in [-0.25, -0.2) is 5.01 Å². The second kappa shape index (κ2) is 19.9. The molecule has 0 aliphatic heterocycles. The fraction of sp³-hybridized carbons (Fsp3) is 0.870. The molecule has 0 saturated carbocycles. The third-order valence-corrected chi connectivity index (χ3v) is 4.90. The molecule has 0 spiro atoms. The van der Waals surface area contributed by atoms with Crippen molar-refractivity contribution in [1.82, 2.24) is 10.4 Å². The SMILES string of the molecule is CCCCCC[C@@H](O)C/C=C\CCCCCCCC(=O)NN(C)CCCC. The lowest BCUT2D eigenvalue weighted by Crippen LogP contribution is -2.39. The molecular formula is C23H46N2O2. The van der Waals surface area contributed by atoms with Gasteiger partial charge in [0.1, 0.15) is 0 Å². The number of nitrogens with one attached hydrogen (secondary N) is 1. The van der Waals surface area contributed by atoms with E-state index in [1.807, 2.05) is 12.1 Å². The molecule has 0 heterocycles. The number of unbranched alkanes of at least 4 members (excludes halogenated alkanes) is 9. The van der Waals surface area contributed by atoms with Crippen LogP contribution in [0.4, 0.5) is 0 Å². The average Bonchev–Trinajstić information content (AvgIpc) is 2.65. The smallest absolute Gasteiger partial charge is 0.234 e. The van der Waals surface area contributed by atoms with Gasteiger partial charge >= 0.3 is 0 Å². The van der Waals surface area contributed by atoms with Crippen molar-refractivity contribution in [3.63, 3.8) is 0 Å². The molecule has 0 unspecified atom stereocenters. The monoisotopic (exact) mass is 382 g/mol. The number of allylic oxidation sites excluding steroid dienone is 1. The van der Waals surface area contributed by atoms with E-state index in [9.17, 15) is 9.90 Å². The van der Waals surface area contributed by atoms with E-state index < -0.39 is 0 Å². The summed E-state index contributed by atoms with van der Waals surface area (Å²) in [6, 6.07) is 0. The van der Waals surface area contributed by atoms with Gasteiger partial charge in [-0.2, -0.15) is 0 Å². The van der Waals surface area contributed by atoms with E-state index in [-0.39, 0.29) is 12.0 Å². The molecule has 160 valence electrons. The number of hydrazine groups is 1. The fourth-order valence-corrected chi connectivity index (χ4v) is 3.09. The molecule has 4 nitrogen and oxygen atoms in total. The van der Waals surface area contributed by atoms with Gasteiger partial charge in [0, 0.05) is 20.0 Å². The minimum absolute atomic E-state index is 0.143. The van der Waals surface area contributed by atoms with Gasteiger partial charge in [0.15, 0.2) is 0 Å². The van der Waals surface area contributed by atoms with Crippen molar-refractivity contribution in [2.75, 3.05) is 13.6 Å². The van der Waals surface area contributed by atoms with Crippen LogP contribution in [0.1, 0.15) is 110 Å². The van der Waals surface area contributed by atoms with Crippen molar-refractivity contribution < 1.29 is 9.90 Å². The highest BCUT2D eigenvalue weighted by atomic mass is 16.3. The third-order valence-electron chi connectivity index (χ3n) is 4.90. The molecule has 0 rings (SSSR count). The number of aliphatic hydroxyl groups excluding tert-OH is 1. The predicted octanol–water partition coefficient (Wildman–Crippen LogP) is 5.76. The molecular weight excluding hydrogens is 336 g/mol. The highest BCUT2D eigenvalue weighted by molar-refractivity contribution is 5.75. The van der Waals surface area contributed by atoms with Crippen LogP contribution in [0.2, 0.25) is 0 Å². The standard InChI is InChI=1S/C23H46N2O2/c1-4-6-8-15-18-22(26)19-16-13-11-9-10-12-14-17-20-23(27)24-25(3)21-7-5-2/h13,16,22,26H,4-12,14-15,17-21H2,1-3H3,(H,24,27)/b16-13-/t22-/m1/s1. The number of hydrogen-bond donors (Lipinski definition) is 2. The minimum atomic E-state index is -0.162. The van der Waals surface area contributed by atoms with Crippen molar-refractivity contribution in [2.45, 2.75) is 116 Å². The summed E-state index contributed by atoms with van der Waals surface area (Å²) in [5, 5.41) is 11.8. The number of hydrogen-bond acceptors (Lipinski definition) is 3. The largest absolute Gasteiger partial charge is 0.393 e. The van der Waals surface area contributed by atoms with E-state index in [1.165, 1.54) is 38.5 Å². The van der Waals surface area contributed by atoms with Gasteiger partial charge in [0.05, 0.1) is 6.10 Å². The Morgan fingerprint density at radius 1 is 0.926 bits per heavy atom. The first kappa shape index (κ1) is 26.1. The van der Waals surface area contributed by atoms with Crippen molar-refractivity contribution in [1.29, 1.82) is 0 Å². The first-order valence-electron chi connectivity index (χ1n) is 11.4. The number of amides is 1. The summed E-state index contributed by atoms with van der Waals surface area (Å²) < 4.78 is 0. The zero-order valence-electron chi connectivity index (χ0n) is 18.3. The Morgan fingerprint density at radius 2 is 1.59 bits per heavy atom. The Labute approximate surface area is 168 Å². The second-order valence-electron chi connectivity index (χ2n) is 7.83. The first-order valence-corrected chi connectivity index (χ1v) is 11.4. The molecule has 0 aromatic heterocycles. The van der Waals surface area contributed by atoms with E-state index in [1.54, 1.807) is 0 Å². The number of carbonyl (C=O) groups is 1. The summed E-state index contributed by atoms with van der Waals surface area (Å²) in [4.78, 5) is 11.8. The van der Waals surface area contributed by atoms with E-state index in [2.05, 4.69) is 31.4 Å². The Balaban J connectivity index is 3.40. The van der Waals surface area contributed by atoms with Crippen LogP contribution in [-0.4, -0.2) is 35.7 Å². The number of carbonyl (C=O) groups excluding carboxylic acids is 1. The van der Waals surface area contributed by atoms with Gasteiger partial charge in [0.25, 0.3) is 0 Å². The number of nitrogens with zero attached hydrogens (tertiary/aromatic N) is 1. The van der Waals surface area contributed by atoms with Crippen LogP contribution < -0.4 is 5.43 Å². The molecule has 27 heavy (non-hydrogen) atoms. The number of aliphatic hydroxyl groups is 1. The van der Waals surface area contributed by atoms with Crippen molar-refractivity contribution in [3.8, 4) is 0 Å². The lowest BCUT2D eigenvalue weighted by atomic mass is 10.1. The van der Waals surface area contributed by atoms with Crippen LogP contribution in [-0.2, 0) is 4.79 Å². The lowest BCUT2D eigenvalue weighted by Gasteiger charge is -2.17. The maximum atomic E-state index is 11.8. The van der Waals surface area contributed by atoms with Crippen LogP contribution in [0.5, 0.6) is 0 Å². The fourth-order valence-electron chi connectivity index (χ4n) is 3.09. The van der Waals surface area contributed by atoms with Crippen LogP contribution >= 0.6 is 0 Å². The topological polar surface area (TPSA) is 52.6 Å².